The summed E-state index contributed by atoms with van der Waals surface area (Å²) in [5.74, 6) is 0.398. The van der Waals surface area contributed by atoms with Crippen LogP contribution in [0.2, 0.25) is 0 Å². The average Bonchev–Trinajstić information content (AvgIpc) is 2.91. The van der Waals surface area contributed by atoms with Crippen LogP contribution in [-0.4, -0.2) is 15.2 Å². The first-order valence-corrected chi connectivity index (χ1v) is 6.04. The Morgan fingerprint density at radius 3 is 2.75 bits per heavy atom. The predicted molar refractivity (Wildman–Crippen MR) is 71.5 cm³/mol. The Labute approximate surface area is 114 Å². The summed E-state index contributed by atoms with van der Waals surface area (Å²) in [6.07, 6.45) is 0. The van der Waals surface area contributed by atoms with Gasteiger partial charge in [0.05, 0.1) is 0 Å². The summed E-state index contributed by atoms with van der Waals surface area (Å²) in [4.78, 5) is 4.24. The van der Waals surface area contributed by atoms with Crippen LogP contribution in [-0.2, 0) is 0 Å². The highest BCUT2D eigenvalue weighted by molar-refractivity contribution is 5.64. The Balaban J connectivity index is 2.04. The highest BCUT2D eigenvalue weighted by atomic mass is 19.1. The molecule has 0 aliphatic carbocycles. The third-order valence-corrected chi connectivity index (χ3v) is 3.04. The highest BCUT2D eigenvalue weighted by Gasteiger charge is 2.14. The molecule has 0 bridgehead atoms. The monoisotopic (exact) mass is 270 g/mol. The predicted octanol–water partition coefficient (Wildman–Crippen LogP) is 3.56. The third-order valence-electron chi connectivity index (χ3n) is 3.04. The van der Waals surface area contributed by atoms with Crippen molar-refractivity contribution in [3.8, 4) is 28.6 Å². The molecule has 0 unspecified atom stereocenters. The number of phenolic OH excluding ortho intramolecular Hbond substituents is 1. The molecule has 2 aromatic carbocycles. The van der Waals surface area contributed by atoms with Crippen molar-refractivity contribution in [2.75, 3.05) is 0 Å². The summed E-state index contributed by atoms with van der Waals surface area (Å²) in [6, 6.07) is 11.0. The number of hydrogen-bond donors (Lipinski definition) is 1. The molecule has 0 radical (unpaired) electrons. The van der Waals surface area contributed by atoms with Crippen LogP contribution in [0, 0.1) is 12.7 Å². The molecule has 0 aliphatic rings. The maximum absolute atomic E-state index is 13.2. The average molecular weight is 270 g/mol. The number of rotatable bonds is 2. The minimum absolute atomic E-state index is 0.160. The van der Waals surface area contributed by atoms with Crippen LogP contribution in [0.3, 0.4) is 0 Å². The molecule has 0 atom stereocenters. The third kappa shape index (κ3) is 2.14. The molecule has 4 nitrogen and oxygen atoms in total. The molecule has 5 heteroatoms. The molecule has 1 N–H and O–H groups in total. The van der Waals surface area contributed by atoms with E-state index < -0.39 is 0 Å². The van der Waals surface area contributed by atoms with Crippen LogP contribution < -0.4 is 0 Å². The lowest BCUT2D eigenvalue weighted by atomic mass is 10.1. The summed E-state index contributed by atoms with van der Waals surface area (Å²) in [5.41, 5.74) is 1.85. The number of halogens is 1. The van der Waals surface area contributed by atoms with E-state index in [0.717, 1.165) is 0 Å². The number of nitrogens with zero attached hydrogens (tertiary/aromatic N) is 2. The lowest BCUT2D eigenvalue weighted by molar-refractivity contribution is 0.430. The molecule has 0 amide bonds. The smallest absolute Gasteiger partial charge is 0.258 e. The van der Waals surface area contributed by atoms with Crippen molar-refractivity contribution in [1.29, 1.82) is 0 Å². The Bertz CT molecular complexity index is 768. The van der Waals surface area contributed by atoms with E-state index in [4.69, 9.17) is 4.52 Å². The maximum atomic E-state index is 13.2. The molecule has 20 heavy (non-hydrogen) atoms. The van der Waals surface area contributed by atoms with Crippen molar-refractivity contribution in [3.63, 3.8) is 0 Å². The first-order valence-electron chi connectivity index (χ1n) is 6.04. The molecular weight excluding hydrogens is 259 g/mol. The summed E-state index contributed by atoms with van der Waals surface area (Å²) in [7, 11) is 0. The molecule has 0 fully saturated rings. The van der Waals surface area contributed by atoms with Gasteiger partial charge in [0.15, 0.2) is 0 Å². The van der Waals surface area contributed by atoms with Gasteiger partial charge in [0.1, 0.15) is 11.6 Å². The van der Waals surface area contributed by atoms with Gasteiger partial charge >= 0.3 is 0 Å². The Morgan fingerprint density at radius 2 is 1.95 bits per heavy atom. The van der Waals surface area contributed by atoms with Crippen LogP contribution in [0.5, 0.6) is 5.75 Å². The standard InChI is InChI=1S/C15H11FN2O2/c1-9-12(6-3-7-13(9)19)15-17-14(18-20-15)10-4-2-5-11(16)8-10/h2-8,19H,1H3. The Kier molecular flexibility index (Phi) is 2.95. The van der Waals surface area contributed by atoms with E-state index in [-0.39, 0.29) is 17.5 Å². The van der Waals surface area contributed by atoms with Gasteiger partial charge in [0.2, 0.25) is 5.82 Å². The normalized spacial score (nSPS) is 10.7. The topological polar surface area (TPSA) is 59.2 Å². The van der Waals surface area contributed by atoms with E-state index in [1.807, 2.05) is 0 Å². The van der Waals surface area contributed by atoms with Crippen molar-refractivity contribution in [1.82, 2.24) is 10.1 Å². The molecule has 1 heterocycles. The minimum atomic E-state index is -0.359. The number of hydrogen-bond acceptors (Lipinski definition) is 4. The van der Waals surface area contributed by atoms with E-state index in [2.05, 4.69) is 10.1 Å². The zero-order chi connectivity index (χ0) is 14.1. The lowest BCUT2D eigenvalue weighted by Gasteiger charge is -2.01. The molecule has 0 spiro atoms. The van der Waals surface area contributed by atoms with Crippen molar-refractivity contribution >= 4 is 0 Å². The van der Waals surface area contributed by atoms with Crippen molar-refractivity contribution < 1.29 is 14.0 Å². The summed E-state index contributed by atoms with van der Waals surface area (Å²) in [6.45, 7) is 1.76. The van der Waals surface area contributed by atoms with Crippen molar-refractivity contribution in [2.24, 2.45) is 0 Å². The lowest BCUT2D eigenvalue weighted by Crippen LogP contribution is -1.85. The number of aromatic nitrogens is 2. The zero-order valence-corrected chi connectivity index (χ0v) is 10.7. The van der Waals surface area contributed by atoms with Gasteiger partial charge in [-0.15, -0.1) is 0 Å². The largest absolute Gasteiger partial charge is 0.508 e. The second-order valence-corrected chi connectivity index (χ2v) is 4.38. The van der Waals surface area contributed by atoms with E-state index in [1.54, 1.807) is 37.3 Å². The molecule has 0 saturated carbocycles. The molecule has 1 aromatic heterocycles. The van der Waals surface area contributed by atoms with Gasteiger partial charge in [0.25, 0.3) is 5.89 Å². The molecule has 100 valence electrons. The van der Waals surface area contributed by atoms with Gasteiger partial charge in [-0.2, -0.15) is 4.98 Å². The fraction of sp³-hybridized carbons (Fsp3) is 0.0667. The fourth-order valence-corrected chi connectivity index (χ4v) is 1.93. The van der Waals surface area contributed by atoms with E-state index in [0.29, 0.717) is 22.5 Å². The Morgan fingerprint density at radius 1 is 1.15 bits per heavy atom. The Hall–Kier alpha value is -2.69. The van der Waals surface area contributed by atoms with Gasteiger partial charge < -0.3 is 9.63 Å². The number of phenols is 1. The quantitative estimate of drug-likeness (QED) is 0.773. The van der Waals surface area contributed by atoms with Crippen LogP contribution in [0.1, 0.15) is 5.56 Å². The summed E-state index contributed by atoms with van der Waals surface area (Å²) >= 11 is 0. The van der Waals surface area contributed by atoms with Gasteiger partial charge in [-0.25, -0.2) is 4.39 Å². The van der Waals surface area contributed by atoms with E-state index >= 15 is 0 Å². The molecule has 3 aromatic rings. The van der Waals surface area contributed by atoms with Crippen LogP contribution in [0.15, 0.2) is 47.0 Å². The van der Waals surface area contributed by atoms with Crippen molar-refractivity contribution in [2.45, 2.75) is 6.92 Å². The zero-order valence-electron chi connectivity index (χ0n) is 10.7. The van der Waals surface area contributed by atoms with Crippen LogP contribution in [0.4, 0.5) is 4.39 Å². The molecule has 3 rings (SSSR count). The molecule has 0 saturated heterocycles. The van der Waals surface area contributed by atoms with Crippen LogP contribution >= 0.6 is 0 Å². The minimum Gasteiger partial charge on any atom is -0.508 e. The first-order chi connectivity index (χ1) is 9.65. The van der Waals surface area contributed by atoms with Crippen molar-refractivity contribution in [3.05, 3.63) is 53.8 Å². The first kappa shape index (κ1) is 12.3. The molecular formula is C15H11FN2O2. The second kappa shape index (κ2) is 4.77. The van der Waals surface area contributed by atoms with Gasteiger partial charge in [-0.3, -0.25) is 0 Å². The van der Waals surface area contributed by atoms with E-state index in [1.165, 1.54) is 12.1 Å². The number of aromatic hydroxyl groups is 1. The van der Waals surface area contributed by atoms with Gasteiger partial charge in [-0.1, -0.05) is 23.4 Å². The van der Waals surface area contributed by atoms with Gasteiger partial charge in [0, 0.05) is 16.7 Å². The second-order valence-electron chi connectivity index (χ2n) is 4.38. The van der Waals surface area contributed by atoms with Crippen LogP contribution in [0.25, 0.3) is 22.8 Å². The SMILES string of the molecule is Cc1c(O)cccc1-c1nc(-c2cccc(F)c2)no1. The number of benzene rings is 2. The highest BCUT2D eigenvalue weighted by Crippen LogP contribution is 2.29. The van der Waals surface area contributed by atoms with E-state index in [9.17, 15) is 9.50 Å². The molecule has 0 aliphatic heterocycles. The summed E-state index contributed by atoms with van der Waals surface area (Å²) in [5, 5.41) is 13.5. The van der Waals surface area contributed by atoms with Gasteiger partial charge in [-0.05, 0) is 31.2 Å². The maximum Gasteiger partial charge on any atom is 0.258 e. The summed E-state index contributed by atoms with van der Waals surface area (Å²) < 4.78 is 18.4. The fourth-order valence-electron chi connectivity index (χ4n) is 1.93.